The monoisotopic (exact) mass is 206 g/mol. The van der Waals surface area contributed by atoms with Crippen molar-refractivity contribution in [2.45, 2.75) is 31.8 Å². The molecule has 1 nitrogen and oxygen atoms in total. The van der Waals surface area contributed by atoms with Gasteiger partial charge in [-0.1, -0.05) is 12.1 Å². The third kappa shape index (κ3) is 1.73. The Labute approximate surface area is 89.3 Å². The standard InChI is InChI=1S/C13H15FO/c14-12-3-1-2-4-13(12)15-11-7-9-5-10(6-9)8-11/h1-4,9-11H,5-8H2. The van der Waals surface area contributed by atoms with E-state index in [4.69, 9.17) is 4.74 Å². The summed E-state index contributed by atoms with van der Waals surface area (Å²) in [6, 6.07) is 6.69. The van der Waals surface area contributed by atoms with Crippen LogP contribution in [0.4, 0.5) is 4.39 Å². The van der Waals surface area contributed by atoms with Crippen molar-refractivity contribution in [3.8, 4) is 5.75 Å². The summed E-state index contributed by atoms with van der Waals surface area (Å²) in [5, 5.41) is 0. The summed E-state index contributed by atoms with van der Waals surface area (Å²) >= 11 is 0. The fourth-order valence-electron chi connectivity index (χ4n) is 2.91. The number of halogens is 1. The number of hydrogen-bond donors (Lipinski definition) is 0. The van der Waals surface area contributed by atoms with Gasteiger partial charge >= 0.3 is 0 Å². The van der Waals surface area contributed by atoms with Crippen LogP contribution in [0.15, 0.2) is 24.3 Å². The number of benzene rings is 1. The predicted octanol–water partition coefficient (Wildman–Crippen LogP) is 3.39. The van der Waals surface area contributed by atoms with Gasteiger partial charge < -0.3 is 4.74 Å². The molecule has 0 aromatic heterocycles. The summed E-state index contributed by atoms with van der Waals surface area (Å²) in [4.78, 5) is 0. The van der Waals surface area contributed by atoms with Gasteiger partial charge in [0.1, 0.15) is 0 Å². The normalized spacial score (nSPS) is 33.3. The van der Waals surface area contributed by atoms with Crippen molar-refractivity contribution in [1.82, 2.24) is 0 Å². The second-order valence-electron chi connectivity index (χ2n) is 4.85. The molecule has 0 aliphatic heterocycles. The molecule has 2 heteroatoms. The third-order valence-electron chi connectivity index (χ3n) is 3.66. The molecule has 0 spiro atoms. The lowest BCUT2D eigenvalue weighted by Crippen LogP contribution is -2.39. The van der Waals surface area contributed by atoms with Crippen LogP contribution in [0.25, 0.3) is 0 Å². The minimum Gasteiger partial charge on any atom is -0.487 e. The minimum atomic E-state index is -0.239. The number of rotatable bonds is 2. The molecular formula is C13H15FO. The molecule has 80 valence electrons. The van der Waals surface area contributed by atoms with E-state index >= 15 is 0 Å². The van der Waals surface area contributed by atoms with Crippen LogP contribution >= 0.6 is 0 Å². The van der Waals surface area contributed by atoms with E-state index < -0.39 is 0 Å². The summed E-state index contributed by atoms with van der Waals surface area (Å²) < 4.78 is 19.0. The van der Waals surface area contributed by atoms with Crippen LogP contribution in [0.2, 0.25) is 0 Å². The van der Waals surface area contributed by atoms with Gasteiger partial charge in [0.2, 0.25) is 0 Å². The minimum absolute atomic E-state index is 0.239. The van der Waals surface area contributed by atoms with Gasteiger partial charge in [-0.25, -0.2) is 4.39 Å². The molecule has 0 radical (unpaired) electrons. The highest BCUT2D eigenvalue weighted by molar-refractivity contribution is 5.24. The lowest BCUT2D eigenvalue weighted by atomic mass is 9.64. The van der Waals surface area contributed by atoms with Gasteiger partial charge in [0, 0.05) is 0 Å². The second kappa shape index (κ2) is 3.51. The van der Waals surface area contributed by atoms with Crippen molar-refractivity contribution in [2.75, 3.05) is 0 Å². The molecule has 3 fully saturated rings. The zero-order valence-electron chi connectivity index (χ0n) is 8.66. The topological polar surface area (TPSA) is 9.23 Å². The molecule has 0 atom stereocenters. The van der Waals surface area contributed by atoms with Gasteiger partial charge in [-0.15, -0.1) is 0 Å². The molecule has 0 amide bonds. The molecule has 3 aliphatic rings. The smallest absolute Gasteiger partial charge is 0.165 e. The Kier molecular flexibility index (Phi) is 2.15. The molecule has 0 heterocycles. The fraction of sp³-hybridized carbons (Fsp3) is 0.538. The van der Waals surface area contributed by atoms with Gasteiger partial charge in [0.25, 0.3) is 0 Å². The van der Waals surface area contributed by atoms with E-state index in [9.17, 15) is 4.39 Å². The van der Waals surface area contributed by atoms with Crippen molar-refractivity contribution in [3.63, 3.8) is 0 Å². The first kappa shape index (κ1) is 9.20. The molecule has 1 aromatic carbocycles. The van der Waals surface area contributed by atoms with Gasteiger partial charge in [0.05, 0.1) is 6.10 Å². The van der Waals surface area contributed by atoms with Crippen LogP contribution in [0.3, 0.4) is 0 Å². The fourth-order valence-corrected chi connectivity index (χ4v) is 2.91. The van der Waals surface area contributed by atoms with Crippen LogP contribution in [-0.4, -0.2) is 6.10 Å². The number of fused-ring (bicyclic) bond motifs is 2. The van der Waals surface area contributed by atoms with Crippen molar-refractivity contribution in [2.24, 2.45) is 11.8 Å². The molecule has 0 N–H and O–H groups in total. The summed E-state index contributed by atoms with van der Waals surface area (Å²) in [6.07, 6.45) is 5.23. The van der Waals surface area contributed by atoms with Gasteiger partial charge in [-0.05, 0) is 49.7 Å². The van der Waals surface area contributed by atoms with E-state index in [0.29, 0.717) is 5.75 Å². The van der Waals surface area contributed by atoms with E-state index in [1.165, 1.54) is 18.9 Å². The number of para-hydroxylation sites is 1. The summed E-state index contributed by atoms with van der Waals surface area (Å²) in [6.45, 7) is 0. The van der Waals surface area contributed by atoms with Crippen LogP contribution in [0.5, 0.6) is 5.75 Å². The van der Waals surface area contributed by atoms with Crippen LogP contribution in [0.1, 0.15) is 25.7 Å². The third-order valence-corrected chi connectivity index (χ3v) is 3.66. The highest BCUT2D eigenvalue weighted by atomic mass is 19.1. The van der Waals surface area contributed by atoms with Gasteiger partial charge in [-0.3, -0.25) is 0 Å². The number of ether oxygens (including phenoxy) is 1. The van der Waals surface area contributed by atoms with Crippen LogP contribution in [0, 0.1) is 17.7 Å². The first-order valence-electron chi connectivity index (χ1n) is 5.72. The maximum atomic E-state index is 13.3. The highest BCUT2D eigenvalue weighted by Crippen LogP contribution is 2.46. The zero-order valence-corrected chi connectivity index (χ0v) is 8.66. The van der Waals surface area contributed by atoms with Crippen molar-refractivity contribution < 1.29 is 9.13 Å². The highest BCUT2D eigenvalue weighted by Gasteiger charge is 2.39. The van der Waals surface area contributed by atoms with E-state index in [2.05, 4.69) is 0 Å². The zero-order chi connectivity index (χ0) is 10.3. The van der Waals surface area contributed by atoms with E-state index in [-0.39, 0.29) is 11.9 Å². The molecule has 4 rings (SSSR count). The summed E-state index contributed by atoms with van der Waals surface area (Å²) in [7, 11) is 0. The molecule has 2 bridgehead atoms. The Morgan fingerprint density at radius 3 is 2.33 bits per heavy atom. The lowest BCUT2D eigenvalue weighted by molar-refractivity contribution is 0.0112. The predicted molar refractivity (Wildman–Crippen MR) is 56.3 cm³/mol. The van der Waals surface area contributed by atoms with E-state index in [1.807, 2.05) is 6.07 Å². The average molecular weight is 206 g/mol. The molecule has 3 saturated carbocycles. The Bertz CT molecular complexity index is 347. The van der Waals surface area contributed by atoms with Crippen LogP contribution in [-0.2, 0) is 0 Å². The SMILES string of the molecule is Fc1ccccc1OC1CC2CC(C2)C1. The molecule has 15 heavy (non-hydrogen) atoms. The molecule has 0 saturated heterocycles. The first-order valence-corrected chi connectivity index (χ1v) is 5.72. The Morgan fingerprint density at radius 1 is 1.00 bits per heavy atom. The maximum Gasteiger partial charge on any atom is 0.165 e. The Morgan fingerprint density at radius 2 is 1.67 bits per heavy atom. The summed E-state index contributed by atoms with van der Waals surface area (Å²) in [5.41, 5.74) is 0. The van der Waals surface area contributed by atoms with Crippen LogP contribution < -0.4 is 4.74 Å². The quantitative estimate of drug-likeness (QED) is 0.720. The number of hydrogen-bond acceptors (Lipinski definition) is 1. The first-order chi connectivity index (χ1) is 7.31. The van der Waals surface area contributed by atoms with Gasteiger partial charge in [-0.2, -0.15) is 0 Å². The van der Waals surface area contributed by atoms with Crippen molar-refractivity contribution in [1.29, 1.82) is 0 Å². The maximum absolute atomic E-state index is 13.3. The lowest BCUT2D eigenvalue weighted by Gasteiger charge is -2.44. The second-order valence-corrected chi connectivity index (χ2v) is 4.85. The Hall–Kier alpha value is -1.05. The largest absolute Gasteiger partial charge is 0.487 e. The van der Waals surface area contributed by atoms with Gasteiger partial charge in [0.15, 0.2) is 11.6 Å². The molecule has 3 aliphatic carbocycles. The van der Waals surface area contributed by atoms with E-state index in [0.717, 1.165) is 24.7 Å². The van der Waals surface area contributed by atoms with E-state index in [1.54, 1.807) is 12.1 Å². The molecule has 0 unspecified atom stereocenters. The average Bonchev–Trinajstić information content (AvgIpc) is 2.21. The molecular weight excluding hydrogens is 191 g/mol. The van der Waals surface area contributed by atoms with Crippen molar-refractivity contribution >= 4 is 0 Å². The Balaban J connectivity index is 1.68. The molecule has 1 aromatic rings. The summed E-state index contributed by atoms with van der Waals surface area (Å²) in [5.74, 6) is 1.88. The van der Waals surface area contributed by atoms with Crippen molar-refractivity contribution in [3.05, 3.63) is 30.1 Å².